The van der Waals surface area contributed by atoms with Crippen molar-refractivity contribution < 1.29 is 0 Å². The van der Waals surface area contributed by atoms with E-state index in [0.717, 1.165) is 42.0 Å². The lowest BCUT2D eigenvalue weighted by atomic mass is 9.95. The van der Waals surface area contributed by atoms with Crippen molar-refractivity contribution in [2.45, 2.75) is 64.8 Å². The van der Waals surface area contributed by atoms with Crippen LogP contribution in [-0.2, 0) is 13.1 Å². The van der Waals surface area contributed by atoms with Crippen LogP contribution in [0.15, 0.2) is 78.8 Å². The lowest BCUT2D eigenvalue weighted by Gasteiger charge is -2.30. The van der Waals surface area contributed by atoms with Gasteiger partial charge in [-0.1, -0.05) is 73.0 Å². The first-order chi connectivity index (χ1) is 20.8. The van der Waals surface area contributed by atoms with Crippen molar-refractivity contribution in [3.05, 3.63) is 112 Å². The number of hydrogen-bond donors (Lipinski definition) is 5. The Kier molecular flexibility index (Phi) is 7.93. The van der Waals surface area contributed by atoms with Crippen LogP contribution in [0, 0.1) is 12.3 Å². The van der Waals surface area contributed by atoms with Crippen molar-refractivity contribution in [1.29, 1.82) is 0 Å². The molecule has 7 nitrogen and oxygen atoms in total. The summed E-state index contributed by atoms with van der Waals surface area (Å²) in [7, 11) is 0. The van der Waals surface area contributed by atoms with Gasteiger partial charge < -0.3 is 21.4 Å². The highest BCUT2D eigenvalue weighted by molar-refractivity contribution is 6.35. The summed E-state index contributed by atoms with van der Waals surface area (Å²) in [6.07, 6.45) is 10.8. The Balaban J connectivity index is 1.45. The van der Waals surface area contributed by atoms with Crippen LogP contribution in [0.1, 0.15) is 74.0 Å². The zero-order valence-corrected chi connectivity index (χ0v) is 25.8. The van der Waals surface area contributed by atoms with Gasteiger partial charge in [-0.15, -0.1) is 12.0 Å². The van der Waals surface area contributed by atoms with E-state index in [4.69, 9.17) is 18.0 Å². The maximum Gasteiger partial charge on any atom is 0.0947 e. The first-order valence-electron chi connectivity index (χ1n) is 14.8. The molecule has 2 aliphatic rings. The van der Waals surface area contributed by atoms with E-state index < -0.39 is 0 Å². The van der Waals surface area contributed by atoms with Gasteiger partial charge in [0.05, 0.1) is 39.6 Å². The summed E-state index contributed by atoms with van der Waals surface area (Å²) in [5, 5.41) is 14.6. The minimum absolute atomic E-state index is 0.0729. The van der Waals surface area contributed by atoms with Crippen LogP contribution in [0.4, 0.5) is 11.4 Å². The van der Waals surface area contributed by atoms with Crippen molar-refractivity contribution in [2.24, 2.45) is 0 Å². The Morgan fingerprint density at radius 2 is 1.88 bits per heavy atom. The zero-order chi connectivity index (χ0) is 30.1. The molecule has 3 aromatic carbocycles. The van der Waals surface area contributed by atoms with Crippen LogP contribution in [0.2, 0.25) is 5.02 Å². The fraction of sp³-hybridized carbons (Fsp3) is 0.286. The maximum atomic E-state index is 6.94. The molecule has 2 atom stereocenters. The van der Waals surface area contributed by atoms with Crippen LogP contribution in [0.5, 0.6) is 0 Å². The van der Waals surface area contributed by atoms with Gasteiger partial charge in [0.2, 0.25) is 0 Å². The average molecular weight is 592 g/mol. The molecule has 4 aromatic rings. The monoisotopic (exact) mass is 591 g/mol. The number of rotatable bonds is 8. The Bertz CT molecular complexity index is 1720. The van der Waals surface area contributed by atoms with E-state index in [9.17, 15) is 0 Å². The number of nitrogens with zero attached hydrogens (tertiary/aromatic N) is 2. The van der Waals surface area contributed by atoms with Crippen molar-refractivity contribution >= 4 is 33.9 Å². The molecule has 0 saturated carbocycles. The maximum absolute atomic E-state index is 6.94. The van der Waals surface area contributed by atoms with Gasteiger partial charge in [-0.25, -0.2) is 0 Å². The van der Waals surface area contributed by atoms with Gasteiger partial charge in [0.25, 0.3) is 0 Å². The van der Waals surface area contributed by atoms with E-state index in [-0.39, 0.29) is 17.6 Å². The summed E-state index contributed by atoms with van der Waals surface area (Å²) in [4.78, 5) is 4.67. The molecule has 0 spiro atoms. The molecule has 3 heterocycles. The van der Waals surface area contributed by atoms with Crippen molar-refractivity contribution in [1.82, 2.24) is 26.3 Å². The number of aromatic nitrogens is 1. The Morgan fingerprint density at radius 1 is 1.07 bits per heavy atom. The van der Waals surface area contributed by atoms with E-state index in [1.54, 1.807) is 6.20 Å². The van der Waals surface area contributed by atoms with Crippen molar-refractivity contribution in [2.75, 3.05) is 10.6 Å². The van der Waals surface area contributed by atoms with Gasteiger partial charge in [0, 0.05) is 42.1 Å². The number of anilines is 2. The molecular formula is C35H38ClN7. The molecule has 0 bridgehead atoms. The zero-order valence-electron chi connectivity index (χ0n) is 25.1. The molecule has 1 aromatic heterocycles. The predicted molar refractivity (Wildman–Crippen MR) is 177 cm³/mol. The fourth-order valence-electron chi connectivity index (χ4n) is 5.84. The number of fused-ring (bicyclic) bond motifs is 2. The Labute approximate surface area is 259 Å². The van der Waals surface area contributed by atoms with E-state index in [1.807, 2.05) is 12.1 Å². The van der Waals surface area contributed by atoms with E-state index in [2.05, 4.69) is 125 Å². The fourth-order valence-corrected chi connectivity index (χ4v) is 6.11. The summed E-state index contributed by atoms with van der Waals surface area (Å²) >= 11 is 6.94. The first-order valence-corrected chi connectivity index (χ1v) is 15.2. The van der Waals surface area contributed by atoms with Crippen molar-refractivity contribution in [3.8, 4) is 12.3 Å². The van der Waals surface area contributed by atoms with Gasteiger partial charge in [-0.3, -0.25) is 9.99 Å². The molecule has 0 amide bonds. The summed E-state index contributed by atoms with van der Waals surface area (Å²) < 4.78 is 0. The number of halogens is 1. The summed E-state index contributed by atoms with van der Waals surface area (Å²) in [6, 6.07) is 20.9. The quantitative estimate of drug-likeness (QED) is 0.139. The van der Waals surface area contributed by atoms with Crippen LogP contribution >= 0.6 is 11.6 Å². The third-order valence-electron chi connectivity index (χ3n) is 8.18. The van der Waals surface area contributed by atoms with Crippen LogP contribution in [-0.4, -0.2) is 15.5 Å². The highest BCUT2D eigenvalue weighted by Gasteiger charge is 2.30. The Morgan fingerprint density at radius 3 is 2.60 bits per heavy atom. The molecular weight excluding hydrogens is 554 g/mol. The molecule has 0 radical (unpaired) electrons. The number of benzene rings is 3. The smallest absolute Gasteiger partial charge is 0.0947 e. The molecule has 2 aliphatic heterocycles. The summed E-state index contributed by atoms with van der Waals surface area (Å²) in [5.74, 6) is 2.84. The molecule has 8 heteroatoms. The molecule has 0 unspecified atom stereocenters. The number of nitrogens with one attached hydrogen (secondary N) is 5. The predicted octanol–water partition coefficient (Wildman–Crippen LogP) is 7.15. The molecule has 6 rings (SSSR count). The van der Waals surface area contributed by atoms with Crippen LogP contribution < -0.4 is 26.9 Å². The third-order valence-corrected chi connectivity index (χ3v) is 8.47. The van der Waals surface area contributed by atoms with Gasteiger partial charge >= 0.3 is 0 Å². The highest BCUT2D eigenvalue weighted by atomic mass is 35.5. The second kappa shape index (κ2) is 11.8. The number of terminal acetylenes is 1. The Hall–Kier alpha value is -4.22. The summed E-state index contributed by atoms with van der Waals surface area (Å²) in [6.45, 7) is 10.4. The first kappa shape index (κ1) is 28.9. The number of hydrogen-bond acceptors (Lipinski definition) is 7. The van der Waals surface area contributed by atoms with Crippen molar-refractivity contribution in [3.63, 3.8) is 0 Å². The topological polar surface area (TPSA) is 76.3 Å². The van der Waals surface area contributed by atoms with E-state index >= 15 is 0 Å². The third kappa shape index (κ3) is 5.74. The summed E-state index contributed by atoms with van der Waals surface area (Å²) in [5.41, 5.74) is 15.8. The lowest BCUT2D eigenvalue weighted by Crippen LogP contribution is -2.47. The molecule has 220 valence electrons. The largest absolute Gasteiger partial charge is 0.377 e. The van der Waals surface area contributed by atoms with Gasteiger partial charge in [0.1, 0.15) is 0 Å². The normalized spacial score (nSPS) is 15.8. The lowest BCUT2D eigenvalue weighted by molar-refractivity contribution is 0.138. The molecule has 0 fully saturated rings. The van der Waals surface area contributed by atoms with Gasteiger partial charge in [-0.05, 0) is 61.6 Å². The minimum Gasteiger partial charge on any atom is -0.377 e. The molecule has 5 N–H and O–H groups in total. The minimum atomic E-state index is -0.170. The molecule has 0 saturated heterocycles. The number of pyridine rings is 1. The average Bonchev–Trinajstić information content (AvgIpc) is 3.70. The highest BCUT2D eigenvalue weighted by Crippen LogP contribution is 2.39. The molecule has 0 aliphatic carbocycles. The number of hydrazine groups is 2. The van der Waals surface area contributed by atoms with E-state index in [0.29, 0.717) is 16.1 Å². The second-order valence-electron chi connectivity index (χ2n) is 12.1. The molecule has 43 heavy (non-hydrogen) atoms. The second-order valence-corrected chi connectivity index (χ2v) is 12.5. The van der Waals surface area contributed by atoms with E-state index in [1.165, 1.54) is 22.3 Å². The van der Waals surface area contributed by atoms with Crippen LogP contribution in [0.3, 0.4) is 0 Å². The SMILES string of the molecule is C#Cc1cnc2c(Cl)cc(N[C@H](C3=CN(C(C)(C)C)NN3)c3cccc4c3CNC4)cc2c1N[C@H](CC)c1ccccc1. The van der Waals surface area contributed by atoms with Gasteiger partial charge in [0.15, 0.2) is 0 Å². The van der Waals surface area contributed by atoms with Gasteiger partial charge in [-0.2, -0.15) is 0 Å². The standard InChI is InChI=1S/C35H38ClN7/c1-6-22-19-38-33-27(32(22)40-30(7-2)23-12-9-8-10-13-23)16-25(17-29(33)36)39-34(31-21-43(42-41-31)35(3,4)5)26-15-11-14-24-18-37-20-28(24)26/h1,8-17,19,21,30,34,37,39,41-42H,7,18,20H2,2-5H3,(H,38,40)/t30-,34+/m1/s1. The van der Waals surface area contributed by atoms with Crippen LogP contribution in [0.25, 0.3) is 10.9 Å².